The van der Waals surface area contributed by atoms with Gasteiger partial charge in [0.05, 0.1) is 11.3 Å². The topological polar surface area (TPSA) is 55.1 Å². The number of hydrogen-bond acceptors (Lipinski definition) is 4. The fourth-order valence-electron chi connectivity index (χ4n) is 2.20. The quantitative estimate of drug-likeness (QED) is 0.466. The van der Waals surface area contributed by atoms with Gasteiger partial charge in [0.1, 0.15) is 0 Å². The molecule has 2 aromatic carbocycles. The zero-order chi connectivity index (χ0) is 17.8. The van der Waals surface area contributed by atoms with Crippen LogP contribution in [0, 0.1) is 6.92 Å². The lowest BCUT2D eigenvalue weighted by Crippen LogP contribution is -2.04. The number of benzene rings is 2. The van der Waals surface area contributed by atoms with Crippen molar-refractivity contribution >= 4 is 40.2 Å². The third kappa shape index (κ3) is 4.29. The van der Waals surface area contributed by atoms with Crippen molar-refractivity contribution < 1.29 is 9.32 Å². The van der Waals surface area contributed by atoms with Crippen LogP contribution in [0.1, 0.15) is 21.8 Å². The van der Waals surface area contributed by atoms with E-state index in [0.717, 1.165) is 5.69 Å². The highest BCUT2D eigenvalue weighted by Gasteiger charge is 2.18. The van der Waals surface area contributed by atoms with Crippen LogP contribution in [0.25, 0.3) is 5.57 Å². The van der Waals surface area contributed by atoms with Crippen LogP contribution in [0.5, 0.6) is 0 Å². The minimum Gasteiger partial charge on any atom is -0.361 e. The third-order valence-electron chi connectivity index (χ3n) is 3.47. The Morgan fingerprint density at radius 2 is 1.64 bits per heavy atom. The van der Waals surface area contributed by atoms with Crippen LogP contribution in [0.4, 0.5) is 5.69 Å². The van der Waals surface area contributed by atoms with Gasteiger partial charge in [0, 0.05) is 33.6 Å². The molecule has 0 aliphatic carbocycles. The van der Waals surface area contributed by atoms with Gasteiger partial charge in [-0.1, -0.05) is 28.4 Å². The van der Waals surface area contributed by atoms with E-state index in [-0.39, 0.29) is 5.78 Å². The summed E-state index contributed by atoms with van der Waals surface area (Å²) in [4.78, 5) is 12.9. The fourth-order valence-corrected chi connectivity index (χ4v) is 2.45. The number of carbonyl (C=O) groups excluding carboxylic acids is 1. The second-order valence-electron chi connectivity index (χ2n) is 5.38. The smallest absolute Gasteiger partial charge is 0.198 e. The SMILES string of the molecule is Cc1cc(C(=CNc2ccc(Cl)cc2)C(=O)c2ccc(Cl)cc2)on1. The molecule has 0 atom stereocenters. The molecule has 0 aliphatic heterocycles. The summed E-state index contributed by atoms with van der Waals surface area (Å²) >= 11 is 11.8. The molecule has 0 unspecified atom stereocenters. The third-order valence-corrected chi connectivity index (χ3v) is 3.98. The van der Waals surface area contributed by atoms with Crippen molar-refractivity contribution in [1.29, 1.82) is 0 Å². The average Bonchev–Trinajstić information content (AvgIpc) is 3.03. The van der Waals surface area contributed by atoms with Crippen molar-refractivity contribution in [3.05, 3.63) is 87.9 Å². The number of ketones is 1. The maximum Gasteiger partial charge on any atom is 0.198 e. The molecule has 0 fully saturated rings. The molecule has 0 aliphatic rings. The molecule has 0 radical (unpaired) electrons. The van der Waals surface area contributed by atoms with Crippen molar-refractivity contribution in [3.63, 3.8) is 0 Å². The minimum absolute atomic E-state index is 0.200. The number of nitrogens with zero attached hydrogens (tertiary/aromatic N) is 1. The highest BCUT2D eigenvalue weighted by molar-refractivity contribution is 6.32. The summed E-state index contributed by atoms with van der Waals surface area (Å²) in [5.41, 5.74) is 2.35. The van der Waals surface area contributed by atoms with Gasteiger partial charge in [0.15, 0.2) is 11.5 Å². The number of carbonyl (C=O) groups is 1. The highest BCUT2D eigenvalue weighted by Crippen LogP contribution is 2.23. The van der Waals surface area contributed by atoms with Crippen LogP contribution in [0.3, 0.4) is 0 Å². The Morgan fingerprint density at radius 1 is 1.04 bits per heavy atom. The van der Waals surface area contributed by atoms with Crippen molar-refractivity contribution in [2.45, 2.75) is 6.92 Å². The first-order chi connectivity index (χ1) is 12.0. The van der Waals surface area contributed by atoms with Gasteiger partial charge in [0.25, 0.3) is 0 Å². The van der Waals surface area contributed by atoms with Crippen LogP contribution in [-0.4, -0.2) is 10.9 Å². The van der Waals surface area contributed by atoms with Gasteiger partial charge >= 0.3 is 0 Å². The normalized spacial score (nSPS) is 11.4. The van der Waals surface area contributed by atoms with Crippen LogP contribution in [0.15, 0.2) is 65.3 Å². The lowest BCUT2D eigenvalue weighted by Gasteiger charge is -2.06. The van der Waals surface area contributed by atoms with E-state index in [4.69, 9.17) is 27.7 Å². The Bertz CT molecular complexity index is 913. The van der Waals surface area contributed by atoms with E-state index in [9.17, 15) is 4.79 Å². The molecule has 126 valence electrons. The molecule has 0 bridgehead atoms. The predicted octanol–water partition coefficient (Wildman–Crippen LogP) is 5.63. The Kier molecular flexibility index (Phi) is 5.22. The standard InChI is InChI=1S/C19H14Cl2N2O2/c1-12-10-18(25-23-12)17(11-22-16-8-6-15(21)7-9-16)19(24)13-2-4-14(20)5-3-13/h2-11,22H,1H3. The van der Waals surface area contributed by atoms with E-state index in [1.807, 2.05) is 12.1 Å². The summed E-state index contributed by atoms with van der Waals surface area (Å²) in [6.45, 7) is 1.80. The number of nitrogens with one attached hydrogen (secondary N) is 1. The van der Waals surface area contributed by atoms with Gasteiger partial charge in [-0.05, 0) is 55.5 Å². The Hall–Kier alpha value is -2.56. The van der Waals surface area contributed by atoms with Crippen LogP contribution in [-0.2, 0) is 0 Å². The summed E-state index contributed by atoms with van der Waals surface area (Å²) in [5, 5.41) is 8.15. The van der Waals surface area contributed by atoms with E-state index < -0.39 is 0 Å². The summed E-state index contributed by atoms with van der Waals surface area (Å²) < 4.78 is 5.27. The van der Waals surface area contributed by atoms with E-state index in [2.05, 4.69) is 10.5 Å². The van der Waals surface area contributed by atoms with Crippen LogP contribution >= 0.6 is 23.2 Å². The maximum absolute atomic E-state index is 12.9. The molecule has 1 heterocycles. The summed E-state index contributed by atoms with van der Waals surface area (Å²) in [6.07, 6.45) is 1.60. The number of allylic oxidation sites excluding steroid dienone is 1. The second kappa shape index (κ2) is 7.55. The molecule has 0 amide bonds. The van der Waals surface area contributed by atoms with Crippen LogP contribution < -0.4 is 5.32 Å². The minimum atomic E-state index is -0.200. The molecule has 4 nitrogen and oxygen atoms in total. The number of rotatable bonds is 5. The zero-order valence-corrected chi connectivity index (χ0v) is 14.8. The first-order valence-electron chi connectivity index (χ1n) is 7.49. The van der Waals surface area contributed by atoms with Crippen molar-refractivity contribution in [1.82, 2.24) is 5.16 Å². The lowest BCUT2D eigenvalue weighted by molar-refractivity contribution is 0.105. The summed E-state index contributed by atoms with van der Waals surface area (Å²) in [6, 6.07) is 15.5. The molecule has 25 heavy (non-hydrogen) atoms. The largest absolute Gasteiger partial charge is 0.361 e. The average molecular weight is 373 g/mol. The number of aromatic nitrogens is 1. The number of aryl methyl sites for hydroxylation is 1. The van der Waals surface area contributed by atoms with E-state index >= 15 is 0 Å². The van der Waals surface area contributed by atoms with E-state index in [1.54, 1.807) is 55.6 Å². The zero-order valence-electron chi connectivity index (χ0n) is 13.3. The van der Waals surface area contributed by atoms with Gasteiger partial charge in [-0.25, -0.2) is 0 Å². The molecule has 1 aromatic heterocycles. The molecule has 0 saturated carbocycles. The molecule has 6 heteroatoms. The van der Waals surface area contributed by atoms with Crippen LogP contribution in [0.2, 0.25) is 10.0 Å². The Morgan fingerprint density at radius 3 is 2.20 bits per heavy atom. The van der Waals surface area contributed by atoms with Gasteiger partial charge in [0.2, 0.25) is 0 Å². The molecular formula is C19H14Cl2N2O2. The van der Waals surface area contributed by atoms with Gasteiger partial charge < -0.3 is 9.84 Å². The maximum atomic E-state index is 12.9. The summed E-state index contributed by atoms with van der Waals surface area (Å²) in [7, 11) is 0. The Labute approximate surface area is 155 Å². The molecule has 0 spiro atoms. The predicted molar refractivity (Wildman–Crippen MR) is 100 cm³/mol. The second-order valence-corrected chi connectivity index (χ2v) is 6.25. The van der Waals surface area contributed by atoms with E-state index in [0.29, 0.717) is 32.6 Å². The van der Waals surface area contributed by atoms with E-state index in [1.165, 1.54) is 0 Å². The lowest BCUT2D eigenvalue weighted by atomic mass is 10.0. The van der Waals surface area contributed by atoms with Crippen molar-refractivity contribution in [2.75, 3.05) is 5.32 Å². The molecule has 0 saturated heterocycles. The number of anilines is 1. The number of Topliss-reactive ketones (excluding diaryl/α,β-unsaturated/α-hetero) is 1. The first kappa shape index (κ1) is 17.3. The monoisotopic (exact) mass is 372 g/mol. The summed E-state index contributed by atoms with van der Waals surface area (Å²) in [5.74, 6) is 0.188. The Balaban J connectivity index is 1.94. The molecule has 1 N–H and O–H groups in total. The molecular weight excluding hydrogens is 359 g/mol. The van der Waals surface area contributed by atoms with Gasteiger partial charge in [-0.3, -0.25) is 4.79 Å². The number of hydrogen-bond donors (Lipinski definition) is 1. The molecule has 3 aromatic rings. The van der Waals surface area contributed by atoms with Gasteiger partial charge in [-0.15, -0.1) is 0 Å². The fraction of sp³-hybridized carbons (Fsp3) is 0.0526. The highest BCUT2D eigenvalue weighted by atomic mass is 35.5. The van der Waals surface area contributed by atoms with Crippen molar-refractivity contribution in [3.8, 4) is 0 Å². The van der Waals surface area contributed by atoms with Gasteiger partial charge in [-0.2, -0.15) is 0 Å². The van der Waals surface area contributed by atoms with Crippen molar-refractivity contribution in [2.24, 2.45) is 0 Å². The number of halogens is 2. The molecule has 3 rings (SSSR count). The first-order valence-corrected chi connectivity index (χ1v) is 8.25.